The van der Waals surface area contributed by atoms with E-state index in [1.807, 2.05) is 6.26 Å². The summed E-state index contributed by atoms with van der Waals surface area (Å²) in [4.78, 5) is 21.6. The zero-order valence-electron chi connectivity index (χ0n) is 10.7. The van der Waals surface area contributed by atoms with Crippen LogP contribution in [-0.4, -0.2) is 41.2 Å². The van der Waals surface area contributed by atoms with E-state index in [0.29, 0.717) is 25.9 Å². The number of nitrogens with one attached hydrogen (secondary N) is 2. The molecule has 0 aliphatic carbocycles. The Kier molecular flexibility index (Phi) is 7.78. The molecule has 0 bridgehead atoms. The number of carbonyl (C=O) groups is 2. The van der Waals surface area contributed by atoms with Crippen LogP contribution in [0.1, 0.15) is 33.1 Å². The van der Waals surface area contributed by atoms with Crippen molar-refractivity contribution < 1.29 is 14.7 Å². The molecule has 0 unspecified atom stereocenters. The number of carbonyl (C=O) groups excluding carboxylic acids is 1. The van der Waals surface area contributed by atoms with E-state index in [2.05, 4.69) is 24.5 Å². The van der Waals surface area contributed by atoms with Crippen molar-refractivity contribution in [3.8, 4) is 0 Å². The first-order valence-corrected chi connectivity index (χ1v) is 6.88. The molecule has 0 aromatic heterocycles. The smallest absolute Gasteiger partial charge is 0.314 e. The van der Waals surface area contributed by atoms with Gasteiger partial charge in [-0.05, 0) is 32.9 Å². The van der Waals surface area contributed by atoms with Gasteiger partial charge >= 0.3 is 12.0 Å². The van der Waals surface area contributed by atoms with E-state index in [9.17, 15) is 9.59 Å². The maximum absolute atomic E-state index is 11.4. The molecule has 2 amide bonds. The topological polar surface area (TPSA) is 78.4 Å². The van der Waals surface area contributed by atoms with Crippen LogP contribution in [0.25, 0.3) is 0 Å². The summed E-state index contributed by atoms with van der Waals surface area (Å²) in [6, 6.07) is -0.192. The molecule has 0 saturated heterocycles. The molecule has 0 rings (SSSR count). The van der Waals surface area contributed by atoms with E-state index in [1.165, 1.54) is 0 Å². The van der Waals surface area contributed by atoms with E-state index in [-0.39, 0.29) is 17.2 Å². The van der Waals surface area contributed by atoms with Crippen molar-refractivity contribution in [2.24, 2.45) is 0 Å². The fourth-order valence-corrected chi connectivity index (χ4v) is 1.25. The zero-order valence-corrected chi connectivity index (χ0v) is 11.5. The van der Waals surface area contributed by atoms with Gasteiger partial charge in [0.1, 0.15) is 0 Å². The number of hydrogen-bond donors (Lipinski definition) is 3. The number of hydrogen-bond acceptors (Lipinski definition) is 3. The molecule has 0 saturated carbocycles. The molecule has 0 aromatic rings. The molecule has 0 spiro atoms. The summed E-state index contributed by atoms with van der Waals surface area (Å²) in [6.45, 7) is 5.24. The lowest BCUT2D eigenvalue weighted by Crippen LogP contribution is -2.42. The Morgan fingerprint density at radius 2 is 1.88 bits per heavy atom. The minimum atomic E-state index is -0.795. The Bertz CT molecular complexity index is 257. The van der Waals surface area contributed by atoms with Crippen molar-refractivity contribution in [3.05, 3.63) is 0 Å². The van der Waals surface area contributed by atoms with E-state index < -0.39 is 5.97 Å². The van der Waals surface area contributed by atoms with Crippen molar-refractivity contribution >= 4 is 23.8 Å². The number of unbranched alkanes of at least 4 members (excludes halogenated alkanes) is 1. The molecule has 0 aliphatic rings. The first-order valence-electron chi connectivity index (χ1n) is 5.66. The van der Waals surface area contributed by atoms with Gasteiger partial charge in [-0.15, -0.1) is 0 Å². The van der Waals surface area contributed by atoms with Gasteiger partial charge in [0.2, 0.25) is 0 Å². The molecule has 0 heterocycles. The lowest BCUT2D eigenvalue weighted by molar-refractivity contribution is -0.137. The SMILES string of the molecule is CSC(C)(C)CNC(=O)NCCCCC(=O)O. The molecule has 17 heavy (non-hydrogen) atoms. The van der Waals surface area contributed by atoms with Crippen molar-refractivity contribution in [2.75, 3.05) is 19.3 Å². The summed E-state index contributed by atoms with van der Waals surface area (Å²) in [5, 5.41) is 13.9. The third-order valence-corrected chi connectivity index (χ3v) is 3.58. The fourth-order valence-electron chi connectivity index (χ4n) is 1.03. The second kappa shape index (κ2) is 8.22. The highest BCUT2D eigenvalue weighted by Gasteiger charge is 2.16. The average molecular weight is 262 g/mol. The van der Waals surface area contributed by atoms with Crippen LogP contribution < -0.4 is 10.6 Å². The van der Waals surface area contributed by atoms with Crippen LogP contribution in [-0.2, 0) is 4.79 Å². The highest BCUT2D eigenvalue weighted by atomic mass is 32.2. The normalized spacial score (nSPS) is 11.0. The second-order valence-electron chi connectivity index (χ2n) is 4.42. The van der Waals surface area contributed by atoms with Gasteiger partial charge in [0.25, 0.3) is 0 Å². The molecule has 100 valence electrons. The Morgan fingerprint density at radius 3 is 2.41 bits per heavy atom. The van der Waals surface area contributed by atoms with Gasteiger partial charge in [-0.25, -0.2) is 4.79 Å². The van der Waals surface area contributed by atoms with Crippen LogP contribution in [0.3, 0.4) is 0 Å². The molecule has 0 aliphatic heterocycles. The quantitative estimate of drug-likeness (QED) is 0.582. The Morgan fingerprint density at radius 1 is 1.24 bits per heavy atom. The van der Waals surface area contributed by atoms with Crippen molar-refractivity contribution in [1.82, 2.24) is 10.6 Å². The molecule has 6 heteroatoms. The fraction of sp³-hybridized carbons (Fsp3) is 0.818. The maximum atomic E-state index is 11.4. The van der Waals surface area contributed by atoms with Crippen LogP contribution in [0.4, 0.5) is 4.79 Å². The third-order valence-electron chi connectivity index (χ3n) is 2.33. The van der Waals surface area contributed by atoms with Crippen LogP contribution in [0.5, 0.6) is 0 Å². The van der Waals surface area contributed by atoms with Gasteiger partial charge in [-0.1, -0.05) is 0 Å². The first kappa shape index (κ1) is 16.1. The maximum Gasteiger partial charge on any atom is 0.314 e. The monoisotopic (exact) mass is 262 g/mol. The van der Waals surface area contributed by atoms with Gasteiger partial charge in [-0.3, -0.25) is 4.79 Å². The molecule has 0 radical (unpaired) electrons. The molecule has 3 N–H and O–H groups in total. The number of urea groups is 1. The standard InChI is InChI=1S/C11H22N2O3S/c1-11(2,17-3)8-13-10(16)12-7-5-4-6-9(14)15/h4-8H2,1-3H3,(H,14,15)(H2,12,13,16). The van der Waals surface area contributed by atoms with Crippen LogP contribution in [0, 0.1) is 0 Å². The lowest BCUT2D eigenvalue weighted by Gasteiger charge is -2.22. The zero-order chi connectivity index (χ0) is 13.3. The Labute approximate surface area is 107 Å². The van der Waals surface area contributed by atoms with Gasteiger partial charge in [0.15, 0.2) is 0 Å². The average Bonchev–Trinajstić information content (AvgIpc) is 2.26. The number of rotatable bonds is 8. The van der Waals surface area contributed by atoms with Crippen LogP contribution >= 0.6 is 11.8 Å². The number of carboxylic acids is 1. The summed E-state index contributed by atoms with van der Waals surface area (Å²) in [7, 11) is 0. The summed E-state index contributed by atoms with van der Waals surface area (Å²) < 4.78 is 0.0284. The summed E-state index contributed by atoms with van der Waals surface area (Å²) in [5.74, 6) is -0.795. The molecule has 5 nitrogen and oxygen atoms in total. The largest absolute Gasteiger partial charge is 0.481 e. The van der Waals surface area contributed by atoms with E-state index >= 15 is 0 Å². The number of carboxylic acid groups (broad SMARTS) is 1. The number of thioether (sulfide) groups is 1. The molecule has 0 fully saturated rings. The summed E-state index contributed by atoms with van der Waals surface area (Å²) >= 11 is 1.70. The third kappa shape index (κ3) is 9.99. The van der Waals surface area contributed by atoms with Crippen molar-refractivity contribution in [3.63, 3.8) is 0 Å². The summed E-state index contributed by atoms with van der Waals surface area (Å²) in [5.41, 5.74) is 0. The van der Waals surface area contributed by atoms with Gasteiger partial charge in [0.05, 0.1) is 0 Å². The van der Waals surface area contributed by atoms with Gasteiger partial charge < -0.3 is 15.7 Å². The predicted octanol–water partition coefficient (Wildman–Crippen LogP) is 1.68. The van der Waals surface area contributed by atoms with E-state index in [4.69, 9.17) is 5.11 Å². The number of amides is 2. The van der Waals surface area contributed by atoms with Crippen molar-refractivity contribution in [1.29, 1.82) is 0 Å². The second-order valence-corrected chi connectivity index (χ2v) is 5.94. The van der Waals surface area contributed by atoms with Gasteiger partial charge in [-0.2, -0.15) is 11.8 Å². The molecular formula is C11H22N2O3S. The van der Waals surface area contributed by atoms with E-state index in [0.717, 1.165) is 0 Å². The van der Waals surface area contributed by atoms with Crippen LogP contribution in [0.2, 0.25) is 0 Å². The highest BCUT2D eigenvalue weighted by Crippen LogP contribution is 2.19. The predicted molar refractivity (Wildman–Crippen MR) is 70.5 cm³/mol. The van der Waals surface area contributed by atoms with E-state index in [1.54, 1.807) is 11.8 Å². The lowest BCUT2D eigenvalue weighted by atomic mass is 10.2. The van der Waals surface area contributed by atoms with Crippen molar-refractivity contribution in [2.45, 2.75) is 37.9 Å². The number of aliphatic carboxylic acids is 1. The molecule has 0 aromatic carbocycles. The first-order chi connectivity index (χ1) is 7.87. The Hall–Kier alpha value is -0.910. The summed E-state index contributed by atoms with van der Waals surface area (Å²) in [6.07, 6.45) is 3.44. The minimum absolute atomic E-state index is 0.0284. The molecule has 0 atom stereocenters. The minimum Gasteiger partial charge on any atom is -0.481 e. The van der Waals surface area contributed by atoms with Crippen LogP contribution in [0.15, 0.2) is 0 Å². The van der Waals surface area contributed by atoms with Gasteiger partial charge in [0, 0.05) is 24.3 Å². The highest BCUT2D eigenvalue weighted by molar-refractivity contribution is 7.99. The molecular weight excluding hydrogens is 240 g/mol. The Balaban J connectivity index is 3.50.